The lowest BCUT2D eigenvalue weighted by molar-refractivity contribution is -0.769. The highest BCUT2D eigenvalue weighted by molar-refractivity contribution is 6.09. The number of amides is 3. The molecule has 3 amide bonds. The fraction of sp³-hybridized carbons (Fsp3) is 0.314. The Morgan fingerprint density at radius 2 is 1.70 bits per heavy atom. The van der Waals surface area contributed by atoms with Gasteiger partial charge in [0.05, 0.1) is 12.2 Å². The number of nitrogens with one attached hydrogen (secondary N) is 5. The summed E-state index contributed by atoms with van der Waals surface area (Å²) in [5.41, 5.74) is 10.6. The molecule has 3 aliphatic heterocycles. The number of anilines is 1. The van der Waals surface area contributed by atoms with Gasteiger partial charge in [0.1, 0.15) is 23.3 Å². The summed E-state index contributed by atoms with van der Waals surface area (Å²) >= 11 is 0. The van der Waals surface area contributed by atoms with Crippen LogP contribution in [-0.4, -0.2) is 75.3 Å². The van der Waals surface area contributed by atoms with E-state index in [0.717, 1.165) is 70.4 Å². The fourth-order valence-corrected chi connectivity index (χ4v) is 5.23. The highest BCUT2D eigenvalue weighted by atomic mass is 16.5. The van der Waals surface area contributed by atoms with Crippen LogP contribution in [0.5, 0.6) is 0 Å². The van der Waals surface area contributed by atoms with Crippen LogP contribution >= 0.6 is 0 Å². The lowest BCUT2D eigenvalue weighted by Crippen LogP contribution is -2.86. The molecule has 0 radical (unpaired) electrons. The Hall–Kier alpha value is -5.20. The van der Waals surface area contributed by atoms with Crippen molar-refractivity contribution < 1.29 is 28.5 Å². The Bertz CT molecular complexity index is 1910. The molecular weight excluding hydrogens is 598 g/mol. The summed E-state index contributed by atoms with van der Waals surface area (Å²) in [6.07, 6.45) is 0. The van der Waals surface area contributed by atoms with E-state index in [1.807, 2.05) is 43.3 Å². The molecular formula is C35H40N7O5+. The molecule has 0 aromatic heterocycles. The van der Waals surface area contributed by atoms with E-state index in [4.69, 9.17) is 14.3 Å². The third-order valence-electron chi connectivity index (χ3n) is 7.97. The van der Waals surface area contributed by atoms with E-state index in [1.54, 1.807) is 6.92 Å². The van der Waals surface area contributed by atoms with Crippen molar-refractivity contribution in [1.29, 1.82) is 0 Å². The van der Waals surface area contributed by atoms with Crippen LogP contribution < -0.4 is 31.7 Å². The number of benzene rings is 3. The summed E-state index contributed by atoms with van der Waals surface area (Å²) in [7, 11) is 0. The third kappa shape index (κ3) is 7.62. The van der Waals surface area contributed by atoms with Crippen LogP contribution in [-0.2, 0) is 9.53 Å². The number of ether oxygens (including phenoxy) is 1. The van der Waals surface area contributed by atoms with Crippen molar-refractivity contribution in [3.05, 3.63) is 82.7 Å². The van der Waals surface area contributed by atoms with Crippen LogP contribution in [0.4, 0.5) is 10.5 Å². The van der Waals surface area contributed by atoms with Crippen LogP contribution in [0.25, 0.3) is 33.4 Å². The first kappa shape index (κ1) is 31.8. The van der Waals surface area contributed by atoms with Crippen LogP contribution in [0.3, 0.4) is 0 Å². The Kier molecular flexibility index (Phi) is 9.23. The molecule has 2 saturated heterocycles. The quantitative estimate of drug-likeness (QED) is 0.0528. The Morgan fingerprint density at radius 1 is 0.957 bits per heavy atom. The maximum absolute atomic E-state index is 13.6. The average Bonchev–Trinajstić information content (AvgIpc) is 3.99. The van der Waals surface area contributed by atoms with Gasteiger partial charge in [0.2, 0.25) is 0 Å². The van der Waals surface area contributed by atoms with Crippen molar-refractivity contribution in [2.75, 3.05) is 57.8 Å². The van der Waals surface area contributed by atoms with Crippen molar-refractivity contribution in [1.82, 2.24) is 21.0 Å². The van der Waals surface area contributed by atoms with E-state index in [0.29, 0.717) is 22.5 Å². The second-order valence-corrected chi connectivity index (χ2v) is 12.0. The number of aryl methyl sites for hydroxylation is 2. The molecule has 12 heteroatoms. The molecule has 5 N–H and O–H groups in total. The number of fused-ring (bicyclic) bond motifs is 2. The predicted molar refractivity (Wildman–Crippen MR) is 179 cm³/mol. The van der Waals surface area contributed by atoms with Gasteiger partial charge in [-0.25, -0.2) is 14.6 Å². The first-order valence-corrected chi connectivity index (χ1v) is 15.8. The number of hydrazine groups is 1. The summed E-state index contributed by atoms with van der Waals surface area (Å²) in [5, 5.41) is 18.2. The number of hydrogen-bond donors (Lipinski definition) is 5. The highest BCUT2D eigenvalue weighted by Gasteiger charge is 2.26. The Morgan fingerprint density at radius 3 is 2.45 bits per heavy atom. The maximum atomic E-state index is 13.6. The Balaban J connectivity index is 1.25. The van der Waals surface area contributed by atoms with Crippen LogP contribution in [0.15, 0.2) is 70.2 Å². The maximum Gasteiger partial charge on any atom is 0.333 e. The molecule has 0 bridgehead atoms. The summed E-state index contributed by atoms with van der Waals surface area (Å²) < 4.78 is 11.5. The van der Waals surface area contributed by atoms with E-state index in [9.17, 15) is 14.4 Å². The molecule has 244 valence electrons. The van der Waals surface area contributed by atoms with Gasteiger partial charge in [0, 0.05) is 66.0 Å². The van der Waals surface area contributed by atoms with Crippen molar-refractivity contribution >= 4 is 34.6 Å². The predicted octanol–water partition coefficient (Wildman–Crippen LogP) is 2.33. The SMILES string of the molecule is C=C(C)C(=O)OCCNC(=O)NCCNC(=O)c1ccccc1-c1c2cc(C)/c(=N/[NH+]3CC3)cc-2oc2cc(NN3CC3)c(C)cc12. The van der Waals surface area contributed by atoms with E-state index < -0.39 is 12.0 Å². The molecule has 6 rings (SSSR count). The zero-order chi connectivity index (χ0) is 33.1. The number of nitrogens with zero attached hydrogens (tertiary/aromatic N) is 2. The molecule has 0 atom stereocenters. The van der Waals surface area contributed by atoms with Gasteiger partial charge in [0.25, 0.3) is 5.91 Å². The van der Waals surface area contributed by atoms with Crippen LogP contribution in [0.1, 0.15) is 28.4 Å². The minimum atomic E-state index is -0.507. The van der Waals surface area contributed by atoms with Gasteiger partial charge in [0.15, 0.2) is 13.1 Å². The third-order valence-corrected chi connectivity index (χ3v) is 7.97. The van der Waals surface area contributed by atoms with Crippen molar-refractivity contribution in [2.45, 2.75) is 20.8 Å². The number of carbonyl (C=O) groups is 3. The normalized spacial score (nSPS) is 14.6. The molecule has 2 fully saturated rings. The van der Waals surface area contributed by atoms with Gasteiger partial charge in [-0.3, -0.25) is 4.79 Å². The number of esters is 1. The number of rotatable bonds is 12. The van der Waals surface area contributed by atoms with Crippen LogP contribution in [0.2, 0.25) is 0 Å². The first-order chi connectivity index (χ1) is 22.7. The minimum absolute atomic E-state index is 0.0354. The standard InChI is InChI=1S/C35H39N7O5/c1-21(2)34(44)46-16-11-38-35(45)37-10-9-36-33(43)25-8-6-5-7-24(25)32-26-17-22(3)28(39-41-12-13-41)19-30(26)47-31-20-29(40-42-14-15-42)23(4)18-27(31)32/h5-8,17-20,39H,1,9-16H2,2-4H3,(H,36,43)(H2,37,38,45)/p+1/b40-29+. The summed E-state index contributed by atoms with van der Waals surface area (Å²) in [6, 6.07) is 15.4. The Labute approximate surface area is 272 Å². The van der Waals surface area contributed by atoms with Gasteiger partial charge in [-0.15, -0.1) is 0 Å². The largest absolute Gasteiger partial charge is 0.460 e. The summed E-state index contributed by atoms with van der Waals surface area (Å²) in [6.45, 7) is 13.8. The molecule has 47 heavy (non-hydrogen) atoms. The fourth-order valence-electron chi connectivity index (χ4n) is 5.23. The second-order valence-electron chi connectivity index (χ2n) is 12.0. The van der Waals surface area contributed by atoms with Crippen molar-refractivity contribution in [3.8, 4) is 22.5 Å². The lowest BCUT2D eigenvalue weighted by Gasteiger charge is -2.20. The molecule has 2 aromatic carbocycles. The molecule has 0 unspecified atom stereocenters. The smallest absolute Gasteiger partial charge is 0.333 e. The average molecular weight is 639 g/mol. The highest BCUT2D eigenvalue weighted by Crippen LogP contribution is 2.43. The summed E-state index contributed by atoms with van der Waals surface area (Å²) in [4.78, 5) is 37.2. The number of urea groups is 1. The van der Waals surface area contributed by atoms with E-state index in [-0.39, 0.29) is 32.1 Å². The molecule has 4 aliphatic rings. The minimum Gasteiger partial charge on any atom is -0.460 e. The van der Waals surface area contributed by atoms with E-state index in [1.165, 1.54) is 5.01 Å². The van der Waals surface area contributed by atoms with Crippen molar-refractivity contribution in [3.63, 3.8) is 0 Å². The van der Waals surface area contributed by atoms with Gasteiger partial charge < -0.3 is 30.5 Å². The van der Waals surface area contributed by atoms with Gasteiger partial charge >= 0.3 is 12.0 Å². The zero-order valence-corrected chi connectivity index (χ0v) is 26.9. The van der Waals surface area contributed by atoms with E-state index >= 15 is 0 Å². The monoisotopic (exact) mass is 638 g/mol. The first-order valence-electron chi connectivity index (χ1n) is 15.8. The lowest BCUT2D eigenvalue weighted by atomic mass is 9.89. The molecule has 0 spiro atoms. The number of carbonyl (C=O) groups excluding carboxylic acids is 3. The van der Waals surface area contributed by atoms with Gasteiger partial charge in [-0.1, -0.05) is 29.9 Å². The molecule has 3 heterocycles. The van der Waals surface area contributed by atoms with E-state index in [2.05, 4.69) is 52.0 Å². The molecule has 1 aliphatic carbocycles. The number of quaternary nitrogens is 1. The number of hydrogen-bond acceptors (Lipinski definition) is 8. The molecule has 12 nitrogen and oxygen atoms in total. The zero-order valence-electron chi connectivity index (χ0n) is 26.9. The second kappa shape index (κ2) is 13.7. The molecule has 2 aromatic rings. The van der Waals surface area contributed by atoms with Crippen molar-refractivity contribution in [2.24, 2.45) is 5.10 Å². The summed E-state index contributed by atoms with van der Waals surface area (Å²) in [5.74, 6) is -0.0751. The topological polar surface area (TPSA) is 142 Å². The van der Waals surface area contributed by atoms with Crippen LogP contribution in [0, 0.1) is 13.8 Å². The molecule has 0 saturated carbocycles. The van der Waals surface area contributed by atoms with Gasteiger partial charge in [-0.05, 0) is 55.7 Å². The van der Waals surface area contributed by atoms with Gasteiger partial charge in [-0.2, -0.15) is 5.01 Å².